The van der Waals surface area contributed by atoms with E-state index in [0.29, 0.717) is 6.04 Å². The minimum atomic E-state index is 0.185. The first kappa shape index (κ1) is 13.3. The Kier molecular flexibility index (Phi) is 4.03. The second-order valence-electron chi connectivity index (χ2n) is 4.93. The molecule has 100 valence electrons. The first-order valence-corrected chi connectivity index (χ1v) is 8.17. The zero-order chi connectivity index (χ0) is 13.2. The van der Waals surface area contributed by atoms with Gasteiger partial charge in [-0.25, -0.2) is 0 Å². The second-order valence-corrected chi connectivity index (χ2v) is 7.48. The van der Waals surface area contributed by atoms with Crippen LogP contribution in [0.1, 0.15) is 34.5 Å². The Balaban J connectivity index is 1.60. The third-order valence-corrected chi connectivity index (χ3v) is 5.33. The van der Waals surface area contributed by atoms with Crippen molar-refractivity contribution < 1.29 is 0 Å². The van der Waals surface area contributed by atoms with Crippen LogP contribution in [0.4, 0.5) is 0 Å². The number of hydrogen-bond donors (Lipinski definition) is 2. The van der Waals surface area contributed by atoms with Crippen molar-refractivity contribution in [1.29, 1.82) is 0 Å². The summed E-state index contributed by atoms with van der Waals surface area (Å²) in [5.74, 6) is 0. The third kappa shape index (κ3) is 2.92. The number of nitrogens with two attached hydrogens (primary N) is 1. The van der Waals surface area contributed by atoms with Crippen molar-refractivity contribution in [1.82, 2.24) is 5.32 Å². The minimum absolute atomic E-state index is 0.185. The highest BCUT2D eigenvalue weighted by molar-refractivity contribution is 9.11. The molecule has 1 aromatic heterocycles. The van der Waals surface area contributed by atoms with E-state index in [-0.39, 0.29) is 6.04 Å². The van der Waals surface area contributed by atoms with Crippen LogP contribution in [0.15, 0.2) is 40.2 Å². The smallest absolute Gasteiger partial charge is 0.0701 e. The molecule has 2 unspecified atom stereocenters. The lowest BCUT2D eigenvalue weighted by molar-refractivity contribution is 0.503. The normalized spacial score (nSPS) is 21.6. The van der Waals surface area contributed by atoms with Crippen molar-refractivity contribution >= 4 is 27.3 Å². The summed E-state index contributed by atoms with van der Waals surface area (Å²) in [6.07, 6.45) is 2.08. The maximum absolute atomic E-state index is 6.18. The molecule has 1 aliphatic carbocycles. The Morgan fingerprint density at radius 3 is 2.74 bits per heavy atom. The van der Waals surface area contributed by atoms with Crippen LogP contribution in [-0.2, 0) is 6.42 Å². The van der Waals surface area contributed by atoms with Crippen molar-refractivity contribution in [3.05, 3.63) is 56.2 Å². The average molecular weight is 337 g/mol. The summed E-state index contributed by atoms with van der Waals surface area (Å²) >= 11 is 5.31. The third-order valence-electron chi connectivity index (χ3n) is 3.65. The highest BCUT2D eigenvalue weighted by Crippen LogP contribution is 2.36. The van der Waals surface area contributed by atoms with E-state index in [9.17, 15) is 0 Å². The molecular weight excluding hydrogens is 320 g/mol. The molecule has 1 aromatic carbocycles. The molecule has 1 aliphatic rings. The summed E-state index contributed by atoms with van der Waals surface area (Å²) in [6.45, 7) is 0.999. The Morgan fingerprint density at radius 2 is 2.00 bits per heavy atom. The van der Waals surface area contributed by atoms with Crippen molar-refractivity contribution in [3.63, 3.8) is 0 Å². The van der Waals surface area contributed by atoms with Crippen LogP contribution in [0.5, 0.6) is 0 Å². The number of rotatable bonds is 4. The number of benzene rings is 1. The van der Waals surface area contributed by atoms with Gasteiger partial charge in [-0.15, -0.1) is 11.3 Å². The molecule has 0 fully saturated rings. The molecule has 0 saturated carbocycles. The largest absolute Gasteiger partial charge is 0.324 e. The Hall–Kier alpha value is -0.680. The van der Waals surface area contributed by atoms with Crippen LogP contribution in [-0.4, -0.2) is 6.54 Å². The van der Waals surface area contributed by atoms with Crippen molar-refractivity contribution in [3.8, 4) is 0 Å². The van der Waals surface area contributed by atoms with Gasteiger partial charge in [0.2, 0.25) is 0 Å². The Labute approximate surface area is 126 Å². The predicted molar refractivity (Wildman–Crippen MR) is 84.5 cm³/mol. The Morgan fingerprint density at radius 1 is 1.21 bits per heavy atom. The number of fused-ring (bicyclic) bond motifs is 1. The van der Waals surface area contributed by atoms with E-state index in [1.165, 1.54) is 19.8 Å². The second kappa shape index (κ2) is 5.75. The van der Waals surface area contributed by atoms with Gasteiger partial charge in [-0.3, -0.25) is 0 Å². The monoisotopic (exact) mass is 336 g/mol. The van der Waals surface area contributed by atoms with Gasteiger partial charge in [-0.05, 0) is 52.0 Å². The maximum Gasteiger partial charge on any atom is 0.0701 e. The van der Waals surface area contributed by atoms with Crippen LogP contribution in [0.3, 0.4) is 0 Å². The van der Waals surface area contributed by atoms with Gasteiger partial charge in [0.1, 0.15) is 0 Å². The zero-order valence-electron chi connectivity index (χ0n) is 10.6. The molecule has 2 nitrogen and oxygen atoms in total. The van der Waals surface area contributed by atoms with Crippen LogP contribution in [0.25, 0.3) is 0 Å². The number of thiophene rings is 1. The van der Waals surface area contributed by atoms with Gasteiger partial charge >= 0.3 is 0 Å². The summed E-state index contributed by atoms with van der Waals surface area (Å²) in [5, 5.41) is 3.64. The highest BCUT2D eigenvalue weighted by Gasteiger charge is 2.27. The van der Waals surface area contributed by atoms with E-state index < -0.39 is 0 Å². The van der Waals surface area contributed by atoms with Crippen molar-refractivity contribution in [2.45, 2.75) is 24.9 Å². The average Bonchev–Trinajstić information content (AvgIpc) is 2.96. The molecular formula is C15H17BrN2S. The number of nitrogens with one attached hydrogen (secondary N) is 1. The van der Waals surface area contributed by atoms with Gasteiger partial charge in [-0.2, -0.15) is 0 Å². The molecule has 0 saturated heterocycles. The maximum atomic E-state index is 6.18. The summed E-state index contributed by atoms with van der Waals surface area (Å²) in [5.41, 5.74) is 8.86. The summed E-state index contributed by atoms with van der Waals surface area (Å²) in [4.78, 5) is 1.41. The number of halogens is 1. The van der Waals surface area contributed by atoms with Crippen molar-refractivity contribution in [2.24, 2.45) is 5.73 Å². The van der Waals surface area contributed by atoms with E-state index in [4.69, 9.17) is 5.73 Å². The molecule has 0 aliphatic heterocycles. The molecule has 4 heteroatoms. The molecule has 3 rings (SSSR count). The molecule has 2 aromatic rings. The van der Waals surface area contributed by atoms with Crippen LogP contribution in [0.2, 0.25) is 0 Å². The fourth-order valence-corrected chi connectivity index (χ4v) is 4.21. The van der Waals surface area contributed by atoms with Gasteiger partial charge in [-0.1, -0.05) is 24.3 Å². The van der Waals surface area contributed by atoms with E-state index in [0.717, 1.165) is 19.4 Å². The quantitative estimate of drug-likeness (QED) is 0.891. The lowest BCUT2D eigenvalue weighted by Gasteiger charge is -2.13. The summed E-state index contributed by atoms with van der Waals surface area (Å²) in [7, 11) is 0. The molecule has 0 radical (unpaired) electrons. The minimum Gasteiger partial charge on any atom is -0.324 e. The van der Waals surface area contributed by atoms with Gasteiger partial charge in [0.05, 0.1) is 3.79 Å². The first-order valence-electron chi connectivity index (χ1n) is 6.56. The fourth-order valence-electron chi connectivity index (χ4n) is 2.72. The van der Waals surface area contributed by atoms with Gasteiger partial charge in [0.15, 0.2) is 0 Å². The molecule has 3 N–H and O–H groups in total. The molecule has 0 spiro atoms. The molecule has 19 heavy (non-hydrogen) atoms. The van der Waals surface area contributed by atoms with Gasteiger partial charge in [0, 0.05) is 23.5 Å². The number of hydrogen-bond acceptors (Lipinski definition) is 3. The van der Waals surface area contributed by atoms with E-state index in [1.807, 2.05) is 11.3 Å². The summed E-state index contributed by atoms with van der Waals surface area (Å²) in [6, 6.07) is 13.4. The topological polar surface area (TPSA) is 38.0 Å². The lowest BCUT2D eigenvalue weighted by atomic mass is 10.1. The lowest BCUT2D eigenvalue weighted by Crippen LogP contribution is -2.22. The molecule has 0 bridgehead atoms. The SMILES string of the molecule is NC1CC(NCCc2ccc(Br)s2)c2ccccc21. The van der Waals surface area contributed by atoms with Crippen molar-refractivity contribution in [2.75, 3.05) is 6.54 Å². The van der Waals surface area contributed by atoms with Gasteiger partial charge in [0.25, 0.3) is 0 Å². The van der Waals surface area contributed by atoms with Crippen LogP contribution >= 0.6 is 27.3 Å². The fraction of sp³-hybridized carbons (Fsp3) is 0.333. The summed E-state index contributed by atoms with van der Waals surface area (Å²) < 4.78 is 1.20. The first-order chi connectivity index (χ1) is 9.24. The zero-order valence-corrected chi connectivity index (χ0v) is 13.0. The molecule has 1 heterocycles. The van der Waals surface area contributed by atoms with Crippen LogP contribution < -0.4 is 11.1 Å². The van der Waals surface area contributed by atoms with E-state index in [2.05, 4.69) is 57.6 Å². The van der Waals surface area contributed by atoms with E-state index >= 15 is 0 Å². The predicted octanol–water partition coefficient (Wildman–Crippen LogP) is 3.79. The van der Waals surface area contributed by atoms with Gasteiger partial charge < -0.3 is 11.1 Å². The standard InChI is InChI=1S/C15H17BrN2S/c16-15-6-5-10(19-15)7-8-18-14-9-13(17)11-3-1-2-4-12(11)14/h1-6,13-14,18H,7-9,17H2. The molecule has 2 atom stereocenters. The molecule has 0 amide bonds. The van der Waals surface area contributed by atoms with Crippen LogP contribution in [0, 0.1) is 0 Å². The highest BCUT2D eigenvalue weighted by atomic mass is 79.9. The Bertz CT molecular complexity index is 567. The van der Waals surface area contributed by atoms with E-state index in [1.54, 1.807) is 0 Å².